The number of nitrogens with zero attached hydrogens (tertiary/aromatic N) is 1. The van der Waals surface area contributed by atoms with Crippen molar-refractivity contribution in [1.82, 2.24) is 0 Å². The van der Waals surface area contributed by atoms with Crippen LogP contribution in [0.5, 0.6) is 0 Å². The van der Waals surface area contributed by atoms with E-state index >= 15 is 0 Å². The van der Waals surface area contributed by atoms with Gasteiger partial charge in [0.1, 0.15) is 0 Å². The van der Waals surface area contributed by atoms with E-state index in [1.54, 1.807) is 6.08 Å². The first-order valence-corrected chi connectivity index (χ1v) is 3.96. The molecule has 0 fully saturated rings. The number of hydrogen-bond acceptors (Lipinski definition) is 1. The summed E-state index contributed by atoms with van der Waals surface area (Å²) in [6, 6.07) is 5.81. The molecular formula is C9H8BrN. The Hall–Kier alpha value is -0.890. The fraction of sp³-hybridized carbons (Fsp3) is 0. The fourth-order valence-corrected chi connectivity index (χ4v) is 1.37. The zero-order valence-corrected chi connectivity index (χ0v) is 7.63. The topological polar surface area (TPSA) is 12.4 Å². The molecule has 1 nitrogen and oxygen atoms in total. The highest BCUT2D eigenvalue weighted by Gasteiger charge is 1.99. The normalized spacial score (nSPS) is 9.18. The summed E-state index contributed by atoms with van der Waals surface area (Å²) in [7, 11) is 0. The van der Waals surface area contributed by atoms with Gasteiger partial charge >= 0.3 is 0 Å². The number of halogens is 1. The van der Waals surface area contributed by atoms with Crippen molar-refractivity contribution in [2.75, 3.05) is 0 Å². The molecule has 1 aromatic rings. The van der Waals surface area contributed by atoms with Gasteiger partial charge in [-0.25, -0.2) is 0 Å². The Labute approximate surface area is 74.6 Å². The van der Waals surface area contributed by atoms with Gasteiger partial charge in [0.15, 0.2) is 0 Å². The van der Waals surface area contributed by atoms with Gasteiger partial charge < -0.3 is 0 Å². The molecule has 0 aliphatic heterocycles. The van der Waals surface area contributed by atoms with E-state index in [1.165, 1.54) is 0 Å². The average molecular weight is 210 g/mol. The maximum Gasteiger partial charge on any atom is 0.0836 e. The van der Waals surface area contributed by atoms with E-state index in [0.717, 1.165) is 15.7 Å². The Morgan fingerprint density at radius 1 is 1.45 bits per heavy atom. The van der Waals surface area contributed by atoms with Gasteiger partial charge in [-0.3, -0.25) is 4.99 Å². The highest BCUT2D eigenvalue weighted by atomic mass is 79.9. The molecule has 1 rings (SSSR count). The van der Waals surface area contributed by atoms with Crippen molar-refractivity contribution in [3.05, 3.63) is 34.8 Å². The summed E-state index contributed by atoms with van der Waals surface area (Å²) in [4.78, 5) is 3.87. The van der Waals surface area contributed by atoms with Crippen LogP contribution in [0, 0.1) is 0 Å². The molecule has 11 heavy (non-hydrogen) atoms. The van der Waals surface area contributed by atoms with Crippen LogP contribution in [0.4, 0.5) is 5.69 Å². The fourth-order valence-electron chi connectivity index (χ4n) is 0.864. The summed E-state index contributed by atoms with van der Waals surface area (Å²) in [5.74, 6) is 0. The van der Waals surface area contributed by atoms with Crippen LogP contribution < -0.4 is 0 Å². The zero-order chi connectivity index (χ0) is 8.27. The van der Waals surface area contributed by atoms with Crippen molar-refractivity contribution in [3.8, 4) is 0 Å². The van der Waals surface area contributed by atoms with Gasteiger partial charge in [0, 0.05) is 10.0 Å². The Morgan fingerprint density at radius 3 is 2.64 bits per heavy atom. The first-order valence-electron chi connectivity index (χ1n) is 3.17. The lowest BCUT2D eigenvalue weighted by Crippen LogP contribution is -1.74. The largest absolute Gasteiger partial charge is 0.263 e. The van der Waals surface area contributed by atoms with Crippen molar-refractivity contribution in [3.63, 3.8) is 0 Å². The van der Waals surface area contributed by atoms with Gasteiger partial charge in [0.05, 0.1) is 5.69 Å². The minimum absolute atomic E-state index is 0.850. The highest BCUT2D eigenvalue weighted by molar-refractivity contribution is 9.10. The van der Waals surface area contributed by atoms with Gasteiger partial charge in [-0.1, -0.05) is 24.8 Å². The van der Waals surface area contributed by atoms with E-state index in [1.807, 2.05) is 18.2 Å². The van der Waals surface area contributed by atoms with Gasteiger partial charge in [-0.2, -0.15) is 0 Å². The van der Waals surface area contributed by atoms with Crippen LogP contribution in [0.25, 0.3) is 6.08 Å². The quantitative estimate of drug-likeness (QED) is 0.663. The lowest BCUT2D eigenvalue weighted by molar-refractivity contribution is 1.49. The SMILES string of the molecule is C=Cc1cccc(Br)c1N=C. The summed E-state index contributed by atoms with van der Waals surface area (Å²) in [6.45, 7) is 7.14. The van der Waals surface area contributed by atoms with Gasteiger partial charge in [0.2, 0.25) is 0 Å². The molecule has 0 saturated carbocycles. The molecule has 0 N–H and O–H groups in total. The third-order valence-corrected chi connectivity index (χ3v) is 2.04. The summed E-state index contributed by atoms with van der Waals surface area (Å²) >= 11 is 3.37. The van der Waals surface area contributed by atoms with E-state index in [4.69, 9.17) is 0 Å². The number of para-hydroxylation sites is 1. The molecule has 2 heteroatoms. The van der Waals surface area contributed by atoms with E-state index < -0.39 is 0 Å². The van der Waals surface area contributed by atoms with Crippen LogP contribution in [-0.2, 0) is 0 Å². The second kappa shape index (κ2) is 3.49. The monoisotopic (exact) mass is 209 g/mol. The molecule has 1 aromatic carbocycles. The number of aliphatic imine (C=N–C) groups is 1. The van der Waals surface area contributed by atoms with E-state index in [-0.39, 0.29) is 0 Å². The van der Waals surface area contributed by atoms with Crippen molar-refractivity contribution < 1.29 is 0 Å². The maximum atomic E-state index is 3.87. The molecule has 0 aliphatic rings. The summed E-state index contributed by atoms with van der Waals surface area (Å²) in [6.07, 6.45) is 1.76. The number of rotatable bonds is 2. The van der Waals surface area contributed by atoms with Crippen molar-refractivity contribution in [1.29, 1.82) is 0 Å². The van der Waals surface area contributed by atoms with Crippen LogP contribution >= 0.6 is 15.9 Å². The maximum absolute atomic E-state index is 3.87. The minimum atomic E-state index is 0.850. The van der Waals surface area contributed by atoms with Crippen molar-refractivity contribution >= 4 is 34.4 Å². The lowest BCUT2D eigenvalue weighted by Gasteiger charge is -2.00. The standard InChI is InChI=1S/C9H8BrN/c1-3-7-5-4-6-8(10)9(7)11-2/h3-6H,1-2H2. The number of hydrogen-bond donors (Lipinski definition) is 0. The highest BCUT2D eigenvalue weighted by Crippen LogP contribution is 2.29. The van der Waals surface area contributed by atoms with Crippen LogP contribution in [0.15, 0.2) is 34.2 Å². The molecule has 0 radical (unpaired) electrons. The van der Waals surface area contributed by atoms with Gasteiger partial charge in [-0.15, -0.1) is 0 Å². The molecule has 0 aromatic heterocycles. The number of benzene rings is 1. The average Bonchev–Trinajstić information content (AvgIpc) is 2.04. The van der Waals surface area contributed by atoms with Crippen LogP contribution in [0.2, 0.25) is 0 Å². The Kier molecular flexibility index (Phi) is 2.60. The first-order chi connectivity index (χ1) is 5.29. The van der Waals surface area contributed by atoms with Crippen molar-refractivity contribution in [2.24, 2.45) is 4.99 Å². The van der Waals surface area contributed by atoms with Crippen LogP contribution in [-0.4, -0.2) is 6.72 Å². The lowest BCUT2D eigenvalue weighted by atomic mass is 10.2. The molecule has 0 amide bonds. The molecule has 0 atom stereocenters. The smallest absolute Gasteiger partial charge is 0.0836 e. The van der Waals surface area contributed by atoms with Gasteiger partial charge in [0.25, 0.3) is 0 Å². The second-order valence-electron chi connectivity index (χ2n) is 2.04. The minimum Gasteiger partial charge on any atom is -0.263 e. The Morgan fingerprint density at radius 2 is 2.18 bits per heavy atom. The predicted octanol–water partition coefficient (Wildman–Crippen LogP) is 3.42. The molecule has 0 saturated heterocycles. The third-order valence-electron chi connectivity index (χ3n) is 1.40. The van der Waals surface area contributed by atoms with E-state index in [9.17, 15) is 0 Å². The summed E-state index contributed by atoms with van der Waals surface area (Å²) in [5.41, 5.74) is 1.84. The summed E-state index contributed by atoms with van der Waals surface area (Å²) < 4.78 is 0.949. The third kappa shape index (κ3) is 1.57. The van der Waals surface area contributed by atoms with E-state index in [0.29, 0.717) is 0 Å². The van der Waals surface area contributed by atoms with Crippen molar-refractivity contribution in [2.45, 2.75) is 0 Å². The van der Waals surface area contributed by atoms with E-state index in [2.05, 4.69) is 34.2 Å². The predicted molar refractivity (Wildman–Crippen MR) is 53.4 cm³/mol. The first kappa shape index (κ1) is 8.21. The van der Waals surface area contributed by atoms with Gasteiger partial charge in [-0.05, 0) is 28.7 Å². The van der Waals surface area contributed by atoms with Crippen LogP contribution in [0.3, 0.4) is 0 Å². The zero-order valence-electron chi connectivity index (χ0n) is 6.05. The molecule has 0 heterocycles. The molecule has 0 aliphatic carbocycles. The molecule has 0 bridgehead atoms. The molecule has 0 spiro atoms. The summed E-state index contributed by atoms with van der Waals surface area (Å²) in [5, 5.41) is 0. The Balaban J connectivity index is 3.35. The molecular weight excluding hydrogens is 202 g/mol. The Bertz CT molecular complexity index is 292. The molecule has 56 valence electrons. The second-order valence-corrected chi connectivity index (χ2v) is 2.89. The van der Waals surface area contributed by atoms with Crippen LogP contribution in [0.1, 0.15) is 5.56 Å². The molecule has 0 unspecified atom stereocenters.